The van der Waals surface area contributed by atoms with Crippen LogP contribution < -0.4 is 0 Å². The number of halogens is 2. The van der Waals surface area contributed by atoms with E-state index < -0.39 is 5.97 Å². The van der Waals surface area contributed by atoms with Crippen molar-refractivity contribution in [2.75, 3.05) is 0 Å². The van der Waals surface area contributed by atoms with Crippen LogP contribution in [0, 0.1) is 6.92 Å². The van der Waals surface area contributed by atoms with E-state index in [2.05, 4.69) is 5.10 Å². The summed E-state index contributed by atoms with van der Waals surface area (Å²) in [5.74, 6) is -1.00. The maximum absolute atomic E-state index is 10.7. The molecule has 1 N–H and O–H groups in total. The molecule has 0 bridgehead atoms. The van der Waals surface area contributed by atoms with Gasteiger partial charge in [0.25, 0.3) is 0 Å². The van der Waals surface area contributed by atoms with Crippen LogP contribution >= 0.6 is 23.2 Å². The molecule has 0 saturated carbocycles. The molecular formula is C8H8Cl2N2O2. The molecule has 1 aromatic rings. The number of hydrogen-bond donors (Lipinski definition) is 1. The van der Waals surface area contributed by atoms with Gasteiger partial charge in [0.05, 0.1) is 17.3 Å². The van der Waals surface area contributed by atoms with Gasteiger partial charge in [0.1, 0.15) is 5.56 Å². The fourth-order valence-electron chi connectivity index (χ4n) is 0.998. The van der Waals surface area contributed by atoms with Gasteiger partial charge in [-0.3, -0.25) is 4.68 Å². The van der Waals surface area contributed by atoms with Crippen LogP contribution in [-0.4, -0.2) is 20.9 Å². The molecule has 1 aromatic heterocycles. The predicted octanol–water partition coefficient (Wildman–Crippen LogP) is 2.21. The molecule has 0 aliphatic rings. The summed E-state index contributed by atoms with van der Waals surface area (Å²) in [5.41, 5.74) is 1.85. The normalized spacial score (nSPS) is 11.8. The van der Waals surface area contributed by atoms with Gasteiger partial charge in [-0.05, 0) is 6.92 Å². The van der Waals surface area contributed by atoms with Gasteiger partial charge in [-0.1, -0.05) is 23.2 Å². The first-order valence-corrected chi connectivity index (χ1v) is 4.58. The third kappa shape index (κ3) is 2.49. The second-order valence-corrected chi connectivity index (χ2v) is 3.39. The molecule has 14 heavy (non-hydrogen) atoms. The summed E-state index contributed by atoms with van der Waals surface area (Å²) in [6.45, 7) is 1.90. The number of carbonyl (C=O) groups is 1. The summed E-state index contributed by atoms with van der Waals surface area (Å²) in [5, 5.41) is 13.1. The van der Waals surface area contributed by atoms with Crippen molar-refractivity contribution in [3.8, 4) is 0 Å². The van der Waals surface area contributed by atoms with Gasteiger partial charge < -0.3 is 5.11 Å². The van der Waals surface area contributed by atoms with Crippen LogP contribution in [0.2, 0.25) is 0 Å². The van der Waals surface area contributed by atoms with Crippen molar-refractivity contribution in [1.82, 2.24) is 9.78 Å². The monoisotopic (exact) mass is 234 g/mol. The Kier molecular flexibility index (Phi) is 3.55. The van der Waals surface area contributed by atoms with Crippen molar-refractivity contribution in [3.63, 3.8) is 0 Å². The van der Waals surface area contributed by atoms with E-state index in [1.165, 1.54) is 16.4 Å². The van der Waals surface area contributed by atoms with Crippen LogP contribution in [0.25, 0.3) is 0 Å². The van der Waals surface area contributed by atoms with Gasteiger partial charge in [0.15, 0.2) is 0 Å². The molecule has 0 fully saturated rings. The van der Waals surface area contributed by atoms with Crippen LogP contribution in [0.4, 0.5) is 0 Å². The first-order valence-electron chi connectivity index (χ1n) is 3.76. The van der Waals surface area contributed by atoms with Crippen LogP contribution in [0.15, 0.2) is 16.8 Å². The van der Waals surface area contributed by atoms with Gasteiger partial charge in [0.2, 0.25) is 0 Å². The first-order chi connectivity index (χ1) is 6.54. The third-order valence-electron chi connectivity index (χ3n) is 1.61. The molecule has 1 heterocycles. The van der Waals surface area contributed by atoms with Gasteiger partial charge in [-0.15, -0.1) is 0 Å². The smallest absolute Gasteiger partial charge is 0.339 e. The Labute approximate surface area is 90.7 Å². The van der Waals surface area contributed by atoms with Crippen molar-refractivity contribution in [3.05, 3.63) is 28.0 Å². The summed E-state index contributed by atoms with van der Waals surface area (Å²) < 4.78 is 1.43. The predicted molar refractivity (Wildman–Crippen MR) is 53.7 cm³/mol. The Morgan fingerprint density at radius 1 is 1.79 bits per heavy atom. The summed E-state index contributed by atoms with van der Waals surface area (Å²) in [6.07, 6.45) is 1.42. The number of aromatic carboxylic acids is 1. The highest BCUT2D eigenvalue weighted by Crippen LogP contribution is 2.10. The average Bonchev–Trinajstić information content (AvgIpc) is 2.46. The highest BCUT2D eigenvalue weighted by molar-refractivity contribution is 6.36. The van der Waals surface area contributed by atoms with E-state index >= 15 is 0 Å². The Hall–Kier alpha value is -1.00. The number of aryl methyl sites for hydroxylation is 1. The molecular weight excluding hydrogens is 227 g/mol. The van der Waals surface area contributed by atoms with Crippen molar-refractivity contribution >= 4 is 29.2 Å². The molecule has 0 aliphatic carbocycles. The topological polar surface area (TPSA) is 55.1 Å². The highest BCUT2D eigenvalue weighted by Gasteiger charge is 2.11. The Bertz CT molecular complexity index is 385. The third-order valence-corrected chi connectivity index (χ3v) is 2.21. The molecule has 6 heteroatoms. The van der Waals surface area contributed by atoms with E-state index in [1.807, 2.05) is 0 Å². The first kappa shape index (κ1) is 11.1. The second-order valence-electron chi connectivity index (χ2n) is 2.69. The van der Waals surface area contributed by atoms with Crippen molar-refractivity contribution < 1.29 is 9.90 Å². The van der Waals surface area contributed by atoms with Crippen LogP contribution in [-0.2, 0) is 6.54 Å². The lowest BCUT2D eigenvalue weighted by Gasteiger charge is -1.96. The fourth-order valence-corrected chi connectivity index (χ4v) is 1.19. The van der Waals surface area contributed by atoms with Gasteiger partial charge >= 0.3 is 5.97 Å². The fraction of sp³-hybridized carbons (Fsp3) is 0.250. The molecule has 0 aromatic carbocycles. The molecule has 0 spiro atoms. The zero-order valence-electron chi connectivity index (χ0n) is 7.37. The van der Waals surface area contributed by atoms with Crippen LogP contribution in [0.1, 0.15) is 16.1 Å². The van der Waals surface area contributed by atoms with E-state index in [0.717, 1.165) is 0 Å². The highest BCUT2D eigenvalue weighted by atomic mass is 35.5. The zero-order valence-corrected chi connectivity index (χ0v) is 8.88. The number of rotatable bonds is 3. The van der Waals surface area contributed by atoms with E-state index in [-0.39, 0.29) is 12.1 Å². The molecule has 76 valence electrons. The SMILES string of the molecule is Cc1nn(CC(Cl)=CCl)cc1C(=O)O. The van der Waals surface area contributed by atoms with E-state index in [0.29, 0.717) is 10.7 Å². The molecule has 0 amide bonds. The number of nitrogens with zero attached hydrogens (tertiary/aromatic N) is 2. The molecule has 1 rings (SSSR count). The lowest BCUT2D eigenvalue weighted by Crippen LogP contribution is -1.98. The van der Waals surface area contributed by atoms with Crippen molar-refractivity contribution in [2.45, 2.75) is 13.5 Å². The quantitative estimate of drug-likeness (QED) is 0.873. The van der Waals surface area contributed by atoms with E-state index in [1.54, 1.807) is 6.92 Å². The minimum absolute atomic E-state index is 0.170. The van der Waals surface area contributed by atoms with Gasteiger partial charge in [-0.25, -0.2) is 4.79 Å². The number of hydrogen-bond acceptors (Lipinski definition) is 2. The minimum Gasteiger partial charge on any atom is -0.478 e. The lowest BCUT2D eigenvalue weighted by atomic mass is 10.3. The Morgan fingerprint density at radius 3 is 2.86 bits per heavy atom. The van der Waals surface area contributed by atoms with E-state index in [9.17, 15) is 4.79 Å². The summed E-state index contributed by atoms with van der Waals surface area (Å²) in [4.78, 5) is 10.7. The Balaban J connectivity index is 2.92. The van der Waals surface area contributed by atoms with Crippen molar-refractivity contribution in [1.29, 1.82) is 0 Å². The largest absolute Gasteiger partial charge is 0.478 e. The molecule has 0 unspecified atom stereocenters. The van der Waals surface area contributed by atoms with Crippen LogP contribution in [0.5, 0.6) is 0 Å². The van der Waals surface area contributed by atoms with E-state index in [4.69, 9.17) is 28.3 Å². The lowest BCUT2D eigenvalue weighted by molar-refractivity contribution is 0.0696. The summed E-state index contributed by atoms with van der Waals surface area (Å²) in [7, 11) is 0. The maximum atomic E-state index is 10.7. The number of carboxylic acids is 1. The molecule has 0 radical (unpaired) electrons. The van der Waals surface area contributed by atoms with Gasteiger partial charge in [0, 0.05) is 11.7 Å². The van der Waals surface area contributed by atoms with Crippen molar-refractivity contribution in [2.24, 2.45) is 0 Å². The summed E-state index contributed by atoms with van der Waals surface area (Å²) in [6, 6.07) is 0. The average molecular weight is 235 g/mol. The number of aromatic nitrogens is 2. The standard InChI is InChI=1S/C8H8Cl2N2O2/c1-5-7(8(13)14)4-12(11-5)3-6(10)2-9/h2,4H,3H2,1H3,(H,13,14). The molecule has 0 atom stereocenters. The minimum atomic E-state index is -1.00. The Morgan fingerprint density at radius 2 is 2.43 bits per heavy atom. The van der Waals surface area contributed by atoms with Gasteiger partial charge in [-0.2, -0.15) is 5.10 Å². The second kappa shape index (κ2) is 4.48. The number of allylic oxidation sites excluding steroid dienone is 1. The number of carboxylic acid groups (broad SMARTS) is 1. The maximum Gasteiger partial charge on any atom is 0.339 e. The molecule has 0 saturated heterocycles. The molecule has 0 aliphatic heterocycles. The molecule has 4 nitrogen and oxygen atoms in total. The summed E-state index contributed by atoms with van der Waals surface area (Å²) >= 11 is 11.0. The van der Waals surface area contributed by atoms with Crippen LogP contribution in [0.3, 0.4) is 0 Å². The zero-order chi connectivity index (χ0) is 10.7.